The van der Waals surface area contributed by atoms with Gasteiger partial charge in [-0.05, 0) is 52.5 Å². The largest absolute Gasteiger partial charge is 0.478 e. The van der Waals surface area contributed by atoms with Crippen LogP contribution >= 0.6 is 0 Å². The maximum atomic E-state index is 12.1. The minimum Gasteiger partial charge on any atom is -0.478 e. The Kier molecular flexibility index (Phi) is 7.06. The molecule has 4 rings (SSSR count). The highest BCUT2D eigenvalue weighted by atomic mass is 16.6. The summed E-state index contributed by atoms with van der Waals surface area (Å²) >= 11 is 0. The fourth-order valence-electron chi connectivity index (χ4n) is 4.20. The van der Waals surface area contributed by atoms with Crippen molar-refractivity contribution in [3.05, 3.63) is 23.9 Å². The summed E-state index contributed by atoms with van der Waals surface area (Å²) in [5.74, 6) is 0.0751. The molecule has 2 fully saturated rings. The van der Waals surface area contributed by atoms with E-state index >= 15 is 0 Å². The number of hydrogen-bond donors (Lipinski definition) is 2. The Labute approximate surface area is 198 Å². The number of hydrogen-bond acceptors (Lipinski definition) is 8. The summed E-state index contributed by atoms with van der Waals surface area (Å²) in [6.45, 7) is 8.18. The molecule has 1 saturated carbocycles. The first-order valence-corrected chi connectivity index (χ1v) is 11.7. The Morgan fingerprint density at radius 1 is 1.15 bits per heavy atom. The van der Waals surface area contributed by atoms with Gasteiger partial charge in [-0.3, -0.25) is 4.98 Å². The van der Waals surface area contributed by atoms with Crippen LogP contribution in [-0.2, 0) is 9.47 Å². The van der Waals surface area contributed by atoms with E-state index in [0.29, 0.717) is 43.1 Å². The van der Waals surface area contributed by atoms with Gasteiger partial charge in [-0.1, -0.05) is 0 Å². The molecule has 0 spiro atoms. The van der Waals surface area contributed by atoms with E-state index in [-0.39, 0.29) is 17.7 Å². The Balaban J connectivity index is 1.49. The van der Waals surface area contributed by atoms with E-state index in [9.17, 15) is 14.7 Å². The van der Waals surface area contributed by atoms with Crippen LogP contribution in [0.2, 0.25) is 0 Å². The van der Waals surface area contributed by atoms with E-state index in [1.54, 1.807) is 6.07 Å². The van der Waals surface area contributed by atoms with E-state index in [1.807, 2.05) is 26.8 Å². The molecule has 34 heavy (non-hydrogen) atoms. The first kappa shape index (κ1) is 24.0. The molecule has 2 aromatic rings. The van der Waals surface area contributed by atoms with Crippen molar-refractivity contribution in [2.75, 3.05) is 31.2 Å². The van der Waals surface area contributed by atoms with Crippen molar-refractivity contribution < 1.29 is 28.9 Å². The van der Waals surface area contributed by atoms with Crippen molar-refractivity contribution >= 4 is 28.8 Å². The second-order valence-corrected chi connectivity index (χ2v) is 9.72. The lowest BCUT2D eigenvalue weighted by atomic mass is 9.93. The lowest BCUT2D eigenvalue weighted by molar-refractivity contribution is 0.0469. The number of anilines is 1. The molecule has 10 heteroatoms. The molecule has 0 aromatic carbocycles. The third-order valence-electron chi connectivity index (χ3n) is 5.89. The molecule has 3 heterocycles. The predicted molar refractivity (Wildman–Crippen MR) is 126 cm³/mol. The van der Waals surface area contributed by atoms with Crippen molar-refractivity contribution in [1.82, 2.24) is 15.3 Å². The van der Waals surface area contributed by atoms with Crippen molar-refractivity contribution in [2.45, 2.75) is 64.2 Å². The topological polar surface area (TPSA) is 123 Å². The molecule has 0 atom stereocenters. The van der Waals surface area contributed by atoms with Crippen LogP contribution in [0.3, 0.4) is 0 Å². The standard InChI is InChI=1S/C24H32N4O6/c1-24(2,3)34-23(31)26-16-4-6-17(7-5-16)33-21-18-12-15(22(29)30)14-25-19(18)13-20(27-21)28-8-10-32-11-9-28/h12-14,16-17H,4-11H2,1-3H3,(H,26,31)(H,29,30). The number of morpholine rings is 1. The van der Waals surface area contributed by atoms with Crippen LogP contribution in [0.5, 0.6) is 5.88 Å². The maximum absolute atomic E-state index is 12.1. The highest BCUT2D eigenvalue weighted by molar-refractivity contribution is 5.94. The monoisotopic (exact) mass is 472 g/mol. The number of aromatic carboxylic acids is 1. The summed E-state index contributed by atoms with van der Waals surface area (Å²) in [6.07, 6.45) is 3.82. The Morgan fingerprint density at radius 3 is 2.50 bits per heavy atom. The van der Waals surface area contributed by atoms with E-state index in [2.05, 4.69) is 15.2 Å². The van der Waals surface area contributed by atoms with Gasteiger partial charge in [0.1, 0.15) is 17.5 Å². The molecule has 1 amide bonds. The average Bonchev–Trinajstić information content (AvgIpc) is 2.79. The second kappa shape index (κ2) is 10.0. The number of carboxylic acid groups (broad SMARTS) is 1. The SMILES string of the molecule is CC(C)(C)OC(=O)NC1CCC(Oc2nc(N3CCOCC3)cc3ncc(C(=O)O)cc23)CC1. The first-order chi connectivity index (χ1) is 16.2. The zero-order chi connectivity index (χ0) is 24.3. The van der Waals surface area contributed by atoms with Gasteiger partial charge in [0.2, 0.25) is 5.88 Å². The zero-order valence-corrected chi connectivity index (χ0v) is 19.9. The average molecular weight is 473 g/mol. The maximum Gasteiger partial charge on any atom is 0.407 e. The number of nitrogens with zero attached hydrogens (tertiary/aromatic N) is 3. The number of alkyl carbamates (subject to hydrolysis) is 1. The number of aromatic nitrogens is 2. The fourth-order valence-corrected chi connectivity index (χ4v) is 4.20. The molecule has 0 bridgehead atoms. The minimum absolute atomic E-state index is 0.0272. The van der Waals surface area contributed by atoms with Gasteiger partial charge in [0.25, 0.3) is 0 Å². The molecule has 1 aliphatic carbocycles. The number of amides is 1. The van der Waals surface area contributed by atoms with Gasteiger partial charge in [0.05, 0.1) is 29.7 Å². The molecule has 184 valence electrons. The molecular weight excluding hydrogens is 440 g/mol. The summed E-state index contributed by atoms with van der Waals surface area (Å²) in [4.78, 5) is 34.8. The summed E-state index contributed by atoms with van der Waals surface area (Å²) in [5.41, 5.74) is 0.186. The van der Waals surface area contributed by atoms with Crippen LogP contribution in [0, 0.1) is 0 Å². The van der Waals surface area contributed by atoms with E-state index in [0.717, 1.165) is 31.5 Å². The summed E-state index contributed by atoms with van der Waals surface area (Å²) in [5, 5.41) is 12.9. The third kappa shape index (κ3) is 6.05. The van der Waals surface area contributed by atoms with Gasteiger partial charge < -0.3 is 29.5 Å². The third-order valence-corrected chi connectivity index (χ3v) is 5.89. The molecule has 10 nitrogen and oxygen atoms in total. The fraction of sp³-hybridized carbons (Fsp3) is 0.583. The van der Waals surface area contributed by atoms with Gasteiger partial charge in [0.15, 0.2) is 0 Å². The van der Waals surface area contributed by atoms with Crippen molar-refractivity contribution in [2.24, 2.45) is 0 Å². The molecule has 2 N–H and O–H groups in total. The number of carboxylic acids is 1. The number of rotatable bonds is 5. The van der Waals surface area contributed by atoms with Crippen LogP contribution in [-0.4, -0.2) is 71.2 Å². The number of nitrogens with one attached hydrogen (secondary N) is 1. The van der Waals surface area contributed by atoms with Gasteiger partial charge in [-0.15, -0.1) is 0 Å². The van der Waals surface area contributed by atoms with Crippen LogP contribution in [0.1, 0.15) is 56.8 Å². The highest BCUT2D eigenvalue weighted by Crippen LogP contribution is 2.31. The molecule has 0 unspecified atom stereocenters. The lowest BCUT2D eigenvalue weighted by Gasteiger charge is -2.31. The van der Waals surface area contributed by atoms with Crippen molar-refractivity contribution in [3.63, 3.8) is 0 Å². The summed E-state index contributed by atoms with van der Waals surface area (Å²) in [6, 6.07) is 3.45. The Morgan fingerprint density at radius 2 is 1.85 bits per heavy atom. The number of carbonyl (C=O) groups excluding carboxylic acids is 1. The second-order valence-electron chi connectivity index (χ2n) is 9.72. The molecule has 0 radical (unpaired) electrons. The number of carbonyl (C=O) groups is 2. The van der Waals surface area contributed by atoms with Crippen LogP contribution in [0.15, 0.2) is 18.3 Å². The van der Waals surface area contributed by atoms with Gasteiger partial charge >= 0.3 is 12.1 Å². The summed E-state index contributed by atoms with van der Waals surface area (Å²) in [7, 11) is 0. The van der Waals surface area contributed by atoms with Crippen LogP contribution < -0.4 is 15.0 Å². The molecule has 2 aromatic heterocycles. The van der Waals surface area contributed by atoms with E-state index in [4.69, 9.17) is 19.2 Å². The van der Waals surface area contributed by atoms with Crippen LogP contribution in [0.4, 0.5) is 10.6 Å². The first-order valence-electron chi connectivity index (χ1n) is 11.7. The Hall–Kier alpha value is -3.14. The van der Waals surface area contributed by atoms with Crippen LogP contribution in [0.25, 0.3) is 10.9 Å². The smallest absolute Gasteiger partial charge is 0.407 e. The molecular formula is C24H32N4O6. The van der Waals surface area contributed by atoms with Gasteiger partial charge in [-0.2, -0.15) is 4.98 Å². The van der Waals surface area contributed by atoms with E-state index < -0.39 is 17.7 Å². The van der Waals surface area contributed by atoms with E-state index in [1.165, 1.54) is 6.20 Å². The molecule has 1 aliphatic heterocycles. The predicted octanol–water partition coefficient (Wildman–Crippen LogP) is 3.38. The molecule has 2 aliphatic rings. The highest BCUT2D eigenvalue weighted by Gasteiger charge is 2.27. The van der Waals surface area contributed by atoms with Crippen molar-refractivity contribution in [1.29, 1.82) is 0 Å². The molecule has 1 saturated heterocycles. The number of fused-ring (bicyclic) bond motifs is 1. The van der Waals surface area contributed by atoms with Crippen molar-refractivity contribution in [3.8, 4) is 5.88 Å². The zero-order valence-electron chi connectivity index (χ0n) is 19.9. The minimum atomic E-state index is -1.05. The Bertz CT molecular complexity index is 1040. The lowest BCUT2D eigenvalue weighted by Crippen LogP contribution is -2.42. The normalized spacial score (nSPS) is 21.2. The van der Waals surface area contributed by atoms with Gasteiger partial charge in [0, 0.05) is 31.4 Å². The number of pyridine rings is 2. The van der Waals surface area contributed by atoms with Gasteiger partial charge in [-0.25, -0.2) is 9.59 Å². The summed E-state index contributed by atoms with van der Waals surface area (Å²) < 4.78 is 17.1. The number of ether oxygens (including phenoxy) is 3. The quantitative estimate of drug-likeness (QED) is 0.674.